The lowest BCUT2D eigenvalue weighted by molar-refractivity contribution is 0.977. The van der Waals surface area contributed by atoms with E-state index in [4.69, 9.17) is 0 Å². The maximum atomic E-state index is 4.18. The first kappa shape index (κ1) is 9.71. The first-order valence-electron chi connectivity index (χ1n) is 5.19. The standard InChI is InChI=1S/C11H10N6/c1-7-12-6-13-11(14-7)15-10-8-4-2-3-5-9(8)16-17-10/h2-6H,1H3,(H2,12,13,14,15,16,17). The summed E-state index contributed by atoms with van der Waals surface area (Å²) in [7, 11) is 0. The van der Waals surface area contributed by atoms with Crippen molar-refractivity contribution in [3.63, 3.8) is 0 Å². The van der Waals surface area contributed by atoms with Gasteiger partial charge in [0.15, 0.2) is 5.82 Å². The lowest BCUT2D eigenvalue weighted by Crippen LogP contribution is -2.00. The molecular weight excluding hydrogens is 216 g/mol. The molecule has 0 aliphatic rings. The van der Waals surface area contributed by atoms with Gasteiger partial charge in [-0.05, 0) is 19.1 Å². The van der Waals surface area contributed by atoms with Gasteiger partial charge in [0.25, 0.3) is 0 Å². The Labute approximate surface area is 97.1 Å². The highest BCUT2D eigenvalue weighted by atomic mass is 15.2. The Morgan fingerprint density at radius 3 is 2.94 bits per heavy atom. The summed E-state index contributed by atoms with van der Waals surface area (Å²) in [5.41, 5.74) is 0.973. The third kappa shape index (κ3) is 1.80. The van der Waals surface area contributed by atoms with Gasteiger partial charge in [-0.3, -0.25) is 5.10 Å². The van der Waals surface area contributed by atoms with Crippen molar-refractivity contribution in [2.24, 2.45) is 0 Å². The van der Waals surface area contributed by atoms with E-state index in [-0.39, 0.29) is 0 Å². The van der Waals surface area contributed by atoms with Crippen LogP contribution >= 0.6 is 0 Å². The van der Waals surface area contributed by atoms with Gasteiger partial charge in [-0.25, -0.2) is 9.97 Å². The minimum Gasteiger partial charge on any atom is -0.307 e. The first-order valence-corrected chi connectivity index (χ1v) is 5.19. The van der Waals surface area contributed by atoms with Crippen molar-refractivity contribution in [2.45, 2.75) is 6.92 Å². The van der Waals surface area contributed by atoms with Gasteiger partial charge in [-0.1, -0.05) is 12.1 Å². The van der Waals surface area contributed by atoms with Gasteiger partial charge in [0.2, 0.25) is 5.95 Å². The summed E-state index contributed by atoms with van der Waals surface area (Å²) in [6, 6.07) is 7.86. The number of aromatic amines is 1. The molecule has 3 rings (SSSR count). The molecule has 6 heteroatoms. The van der Waals surface area contributed by atoms with Gasteiger partial charge in [0, 0.05) is 5.39 Å². The molecule has 0 saturated carbocycles. The van der Waals surface area contributed by atoms with E-state index in [1.165, 1.54) is 6.33 Å². The van der Waals surface area contributed by atoms with Crippen LogP contribution in [-0.4, -0.2) is 25.1 Å². The number of aromatic nitrogens is 5. The van der Waals surface area contributed by atoms with Crippen LogP contribution in [0.4, 0.5) is 11.8 Å². The number of aryl methyl sites for hydroxylation is 1. The Bertz CT molecular complexity index is 660. The first-order chi connectivity index (χ1) is 8.33. The van der Waals surface area contributed by atoms with E-state index in [1.807, 2.05) is 31.2 Å². The van der Waals surface area contributed by atoms with Crippen LogP contribution in [0.25, 0.3) is 10.9 Å². The Morgan fingerprint density at radius 2 is 2.06 bits per heavy atom. The fraction of sp³-hybridized carbons (Fsp3) is 0.0909. The molecule has 0 saturated heterocycles. The van der Waals surface area contributed by atoms with Gasteiger partial charge < -0.3 is 5.32 Å². The normalized spacial score (nSPS) is 10.6. The van der Waals surface area contributed by atoms with Crippen LogP contribution in [0.5, 0.6) is 0 Å². The second-order valence-electron chi connectivity index (χ2n) is 3.60. The van der Waals surface area contributed by atoms with E-state index < -0.39 is 0 Å². The van der Waals surface area contributed by atoms with Gasteiger partial charge in [0.05, 0.1) is 5.52 Å². The lowest BCUT2D eigenvalue weighted by atomic mass is 10.2. The lowest BCUT2D eigenvalue weighted by Gasteiger charge is -2.01. The number of benzene rings is 1. The molecule has 2 aromatic heterocycles. The van der Waals surface area contributed by atoms with Gasteiger partial charge in [-0.2, -0.15) is 10.1 Å². The molecule has 0 spiro atoms. The Kier molecular flexibility index (Phi) is 2.18. The molecule has 1 aromatic carbocycles. The molecule has 17 heavy (non-hydrogen) atoms. The summed E-state index contributed by atoms with van der Waals surface area (Å²) in [6.07, 6.45) is 1.47. The molecule has 6 nitrogen and oxygen atoms in total. The molecule has 0 bridgehead atoms. The summed E-state index contributed by atoms with van der Waals surface area (Å²) >= 11 is 0. The monoisotopic (exact) mass is 226 g/mol. The third-order valence-electron chi connectivity index (χ3n) is 2.39. The number of anilines is 2. The smallest absolute Gasteiger partial charge is 0.231 e. The molecule has 3 aromatic rings. The highest BCUT2D eigenvalue weighted by Crippen LogP contribution is 2.21. The van der Waals surface area contributed by atoms with Crippen LogP contribution in [-0.2, 0) is 0 Å². The molecule has 0 aliphatic heterocycles. The zero-order valence-electron chi connectivity index (χ0n) is 9.18. The molecule has 2 heterocycles. The summed E-state index contributed by atoms with van der Waals surface area (Å²) in [4.78, 5) is 12.1. The number of H-pyrrole nitrogens is 1. The SMILES string of the molecule is Cc1ncnc(Nc2n[nH]c3ccccc23)n1. The summed E-state index contributed by atoms with van der Waals surface area (Å²) < 4.78 is 0. The fourth-order valence-corrected chi connectivity index (χ4v) is 1.60. The maximum absolute atomic E-state index is 4.18. The molecule has 2 N–H and O–H groups in total. The van der Waals surface area contributed by atoms with Crippen LogP contribution in [0.1, 0.15) is 5.82 Å². The van der Waals surface area contributed by atoms with E-state index >= 15 is 0 Å². The predicted octanol–water partition coefficient (Wildman–Crippen LogP) is 1.80. The summed E-state index contributed by atoms with van der Waals surface area (Å²) in [5.74, 6) is 1.88. The molecule has 0 radical (unpaired) electrons. The maximum Gasteiger partial charge on any atom is 0.231 e. The quantitative estimate of drug-likeness (QED) is 0.696. The zero-order chi connectivity index (χ0) is 11.7. The Balaban J connectivity index is 2.00. The molecule has 0 atom stereocenters. The van der Waals surface area contributed by atoms with E-state index in [1.54, 1.807) is 0 Å². The minimum atomic E-state index is 0.495. The van der Waals surface area contributed by atoms with Crippen molar-refractivity contribution in [2.75, 3.05) is 5.32 Å². The van der Waals surface area contributed by atoms with Crippen molar-refractivity contribution in [3.8, 4) is 0 Å². The van der Waals surface area contributed by atoms with Crippen LogP contribution < -0.4 is 5.32 Å². The number of nitrogens with one attached hydrogen (secondary N) is 2. The van der Waals surface area contributed by atoms with Gasteiger partial charge in [-0.15, -0.1) is 0 Å². The molecule has 0 aliphatic carbocycles. The number of rotatable bonds is 2. The average Bonchev–Trinajstić information content (AvgIpc) is 2.73. The summed E-state index contributed by atoms with van der Waals surface area (Å²) in [5, 5.41) is 11.2. The Hall–Kier alpha value is -2.50. The van der Waals surface area contributed by atoms with Crippen molar-refractivity contribution >= 4 is 22.7 Å². The number of hydrogen-bond donors (Lipinski definition) is 2. The highest BCUT2D eigenvalue weighted by molar-refractivity contribution is 5.90. The molecule has 84 valence electrons. The zero-order valence-corrected chi connectivity index (χ0v) is 9.18. The minimum absolute atomic E-state index is 0.495. The summed E-state index contributed by atoms with van der Waals surface area (Å²) in [6.45, 7) is 1.81. The highest BCUT2D eigenvalue weighted by Gasteiger charge is 2.06. The van der Waals surface area contributed by atoms with Crippen LogP contribution in [0, 0.1) is 6.92 Å². The van der Waals surface area contributed by atoms with Gasteiger partial charge in [0.1, 0.15) is 12.2 Å². The predicted molar refractivity (Wildman–Crippen MR) is 63.9 cm³/mol. The van der Waals surface area contributed by atoms with E-state index in [0.29, 0.717) is 17.6 Å². The average molecular weight is 226 g/mol. The van der Waals surface area contributed by atoms with Crippen molar-refractivity contribution in [3.05, 3.63) is 36.4 Å². The van der Waals surface area contributed by atoms with E-state index in [0.717, 1.165) is 10.9 Å². The number of para-hydroxylation sites is 1. The van der Waals surface area contributed by atoms with Crippen LogP contribution in [0.15, 0.2) is 30.6 Å². The van der Waals surface area contributed by atoms with Gasteiger partial charge >= 0.3 is 0 Å². The second-order valence-corrected chi connectivity index (χ2v) is 3.60. The largest absolute Gasteiger partial charge is 0.307 e. The van der Waals surface area contributed by atoms with Crippen molar-refractivity contribution in [1.29, 1.82) is 0 Å². The van der Waals surface area contributed by atoms with E-state index in [9.17, 15) is 0 Å². The van der Waals surface area contributed by atoms with Crippen molar-refractivity contribution in [1.82, 2.24) is 25.1 Å². The topological polar surface area (TPSA) is 79.4 Å². The third-order valence-corrected chi connectivity index (χ3v) is 2.39. The van der Waals surface area contributed by atoms with Crippen molar-refractivity contribution < 1.29 is 0 Å². The van der Waals surface area contributed by atoms with Crippen LogP contribution in [0.3, 0.4) is 0 Å². The Morgan fingerprint density at radius 1 is 1.18 bits per heavy atom. The van der Waals surface area contributed by atoms with Crippen LogP contribution in [0.2, 0.25) is 0 Å². The molecule has 0 fully saturated rings. The molecular formula is C11H10N6. The number of hydrogen-bond acceptors (Lipinski definition) is 5. The number of nitrogens with zero attached hydrogens (tertiary/aromatic N) is 4. The van der Waals surface area contributed by atoms with E-state index in [2.05, 4.69) is 30.5 Å². The molecule has 0 amide bonds. The fourth-order valence-electron chi connectivity index (χ4n) is 1.60. The molecule has 0 unspecified atom stereocenters. The number of fused-ring (bicyclic) bond motifs is 1. The second kappa shape index (κ2) is 3.82.